The normalized spacial score (nSPS) is 10.3. The summed E-state index contributed by atoms with van der Waals surface area (Å²) in [6.45, 7) is 6.48. The van der Waals surface area contributed by atoms with Crippen LogP contribution in [0.15, 0.2) is 0 Å². The summed E-state index contributed by atoms with van der Waals surface area (Å²) < 4.78 is 2.21. The molecule has 0 aliphatic carbocycles. The average Bonchev–Trinajstić information content (AvgIpc) is 1.72. The third kappa shape index (κ3) is 3.38. The second-order valence-electron chi connectivity index (χ2n) is 1.18. The lowest BCUT2D eigenvalue weighted by molar-refractivity contribution is 0.531. The molecule has 3 heteroatoms. The van der Waals surface area contributed by atoms with E-state index in [2.05, 4.69) is 33.0 Å². The van der Waals surface area contributed by atoms with Gasteiger partial charge in [0.05, 0.1) is 0 Å². The number of halogens is 1. The fraction of sp³-hybridized carbons (Fsp3) is 1.00. The van der Waals surface area contributed by atoms with Crippen LogP contribution in [0.25, 0.3) is 0 Å². The van der Waals surface area contributed by atoms with Crippen LogP contribution in [0.4, 0.5) is 0 Å². The molecule has 0 atom stereocenters. The van der Waals surface area contributed by atoms with Gasteiger partial charge < -0.3 is 0 Å². The van der Waals surface area contributed by atoms with Crippen molar-refractivity contribution in [1.82, 2.24) is 4.31 Å². The molecular weight excluding hydrogens is 174 g/mol. The SMILES string of the molecule is CCN(CC)SBr. The summed E-state index contributed by atoms with van der Waals surface area (Å²) in [6.07, 6.45) is 0. The van der Waals surface area contributed by atoms with Crippen molar-refractivity contribution in [3.63, 3.8) is 0 Å². The van der Waals surface area contributed by atoms with Crippen LogP contribution in [-0.4, -0.2) is 17.4 Å². The summed E-state index contributed by atoms with van der Waals surface area (Å²) >= 11 is 3.28. The van der Waals surface area contributed by atoms with Gasteiger partial charge in [-0.3, -0.25) is 0 Å². The van der Waals surface area contributed by atoms with E-state index in [0.29, 0.717) is 0 Å². The van der Waals surface area contributed by atoms with Crippen LogP contribution >= 0.6 is 25.2 Å². The lowest BCUT2D eigenvalue weighted by Crippen LogP contribution is -2.10. The van der Waals surface area contributed by atoms with E-state index in [1.165, 1.54) is 0 Å². The Balaban J connectivity index is 2.99. The van der Waals surface area contributed by atoms with Gasteiger partial charge in [-0.15, -0.1) is 0 Å². The molecule has 0 rings (SSSR count). The Labute approximate surface area is 56.8 Å². The molecule has 0 amide bonds. The van der Waals surface area contributed by atoms with Gasteiger partial charge in [-0.25, -0.2) is 4.31 Å². The first-order valence-electron chi connectivity index (χ1n) is 2.38. The smallest absolute Gasteiger partial charge is 0.00719 e. The Morgan fingerprint density at radius 2 is 1.86 bits per heavy atom. The van der Waals surface area contributed by atoms with Gasteiger partial charge in [0.1, 0.15) is 0 Å². The van der Waals surface area contributed by atoms with E-state index in [1.807, 2.05) is 0 Å². The van der Waals surface area contributed by atoms with Crippen molar-refractivity contribution >= 4 is 25.2 Å². The highest BCUT2D eigenvalue weighted by Gasteiger charge is 1.92. The van der Waals surface area contributed by atoms with E-state index in [0.717, 1.165) is 13.1 Å². The van der Waals surface area contributed by atoms with E-state index in [1.54, 1.807) is 10.4 Å². The van der Waals surface area contributed by atoms with Crippen LogP contribution < -0.4 is 0 Å². The molecule has 0 aliphatic rings. The van der Waals surface area contributed by atoms with E-state index in [-0.39, 0.29) is 0 Å². The largest absolute Gasteiger partial charge is 0.241 e. The predicted octanol–water partition coefficient (Wildman–Crippen LogP) is 2.29. The number of rotatable bonds is 3. The quantitative estimate of drug-likeness (QED) is 0.619. The van der Waals surface area contributed by atoms with Gasteiger partial charge in [-0.05, 0) is 0 Å². The van der Waals surface area contributed by atoms with E-state index >= 15 is 0 Å². The zero-order valence-electron chi connectivity index (χ0n) is 4.65. The Morgan fingerprint density at radius 3 is 1.86 bits per heavy atom. The highest BCUT2D eigenvalue weighted by atomic mass is 79.9. The standard InChI is InChI=1S/C4H10BrNS/c1-3-6(4-2)7-5/h3-4H2,1-2H3. The first-order valence-corrected chi connectivity index (χ1v) is 5.00. The molecule has 0 heterocycles. The molecule has 0 aromatic heterocycles. The molecular formula is C4H10BrNS. The summed E-state index contributed by atoms with van der Waals surface area (Å²) in [6, 6.07) is 0. The van der Waals surface area contributed by atoms with Crippen LogP contribution in [-0.2, 0) is 0 Å². The van der Waals surface area contributed by atoms with Gasteiger partial charge in [-0.1, -0.05) is 13.8 Å². The van der Waals surface area contributed by atoms with Crippen molar-refractivity contribution in [3.05, 3.63) is 0 Å². The van der Waals surface area contributed by atoms with Crippen LogP contribution in [0.1, 0.15) is 13.8 Å². The number of hydrogen-bond acceptors (Lipinski definition) is 2. The molecule has 0 saturated carbocycles. The summed E-state index contributed by atoms with van der Waals surface area (Å²) in [5.41, 5.74) is 0. The molecule has 0 aromatic carbocycles. The molecule has 44 valence electrons. The predicted molar refractivity (Wildman–Crippen MR) is 39.4 cm³/mol. The van der Waals surface area contributed by atoms with Crippen molar-refractivity contribution in [3.8, 4) is 0 Å². The maximum atomic E-state index is 3.28. The van der Waals surface area contributed by atoms with Gasteiger partial charge >= 0.3 is 0 Å². The average molecular weight is 184 g/mol. The molecule has 0 fully saturated rings. The summed E-state index contributed by atoms with van der Waals surface area (Å²) in [5, 5.41) is 0. The highest BCUT2D eigenvalue weighted by Crippen LogP contribution is 2.15. The van der Waals surface area contributed by atoms with Crippen LogP contribution in [0.2, 0.25) is 0 Å². The maximum Gasteiger partial charge on any atom is 0.00719 e. The molecule has 0 aliphatic heterocycles. The summed E-state index contributed by atoms with van der Waals surface area (Å²) in [5.74, 6) is 0. The number of hydrogen-bond donors (Lipinski definition) is 0. The minimum Gasteiger partial charge on any atom is -0.241 e. The van der Waals surface area contributed by atoms with E-state index in [4.69, 9.17) is 0 Å². The lowest BCUT2D eigenvalue weighted by Gasteiger charge is -2.10. The third-order valence-corrected chi connectivity index (χ3v) is 2.74. The van der Waals surface area contributed by atoms with Crippen molar-refractivity contribution in [2.45, 2.75) is 13.8 Å². The van der Waals surface area contributed by atoms with Gasteiger partial charge in [0.15, 0.2) is 0 Å². The second kappa shape index (κ2) is 4.94. The van der Waals surface area contributed by atoms with Gasteiger partial charge in [0, 0.05) is 38.3 Å². The molecule has 0 radical (unpaired) electrons. The minimum atomic E-state index is 1.10. The summed E-state index contributed by atoms with van der Waals surface area (Å²) in [4.78, 5) is 0. The first-order chi connectivity index (χ1) is 3.35. The van der Waals surface area contributed by atoms with Crippen LogP contribution in [0, 0.1) is 0 Å². The van der Waals surface area contributed by atoms with Gasteiger partial charge in [-0.2, -0.15) is 0 Å². The molecule has 1 nitrogen and oxygen atoms in total. The monoisotopic (exact) mass is 183 g/mol. The van der Waals surface area contributed by atoms with Crippen molar-refractivity contribution in [1.29, 1.82) is 0 Å². The fourth-order valence-corrected chi connectivity index (χ4v) is 1.74. The zero-order chi connectivity index (χ0) is 5.70. The molecule has 7 heavy (non-hydrogen) atoms. The van der Waals surface area contributed by atoms with E-state index in [9.17, 15) is 0 Å². The van der Waals surface area contributed by atoms with Gasteiger partial charge in [0.25, 0.3) is 0 Å². The van der Waals surface area contributed by atoms with Crippen molar-refractivity contribution in [2.24, 2.45) is 0 Å². The molecule has 0 N–H and O–H groups in total. The third-order valence-electron chi connectivity index (χ3n) is 0.803. The Morgan fingerprint density at radius 1 is 1.43 bits per heavy atom. The Kier molecular flexibility index (Phi) is 5.49. The number of nitrogens with zero attached hydrogens (tertiary/aromatic N) is 1. The fourth-order valence-electron chi connectivity index (χ4n) is 0.321. The molecule has 0 aromatic rings. The van der Waals surface area contributed by atoms with Crippen molar-refractivity contribution in [2.75, 3.05) is 13.1 Å². The summed E-state index contributed by atoms with van der Waals surface area (Å²) in [7, 11) is 1.62. The molecule has 0 bridgehead atoms. The van der Waals surface area contributed by atoms with E-state index < -0.39 is 0 Å². The topological polar surface area (TPSA) is 3.24 Å². The van der Waals surface area contributed by atoms with Crippen LogP contribution in [0.3, 0.4) is 0 Å². The highest BCUT2D eigenvalue weighted by molar-refractivity contribution is 9.49. The molecule has 0 unspecified atom stereocenters. The van der Waals surface area contributed by atoms with Crippen molar-refractivity contribution < 1.29 is 0 Å². The Bertz CT molecular complexity index is 33.2. The second-order valence-corrected chi connectivity index (χ2v) is 2.71. The maximum absolute atomic E-state index is 3.28. The lowest BCUT2D eigenvalue weighted by atomic mass is 10.7. The Hall–Kier alpha value is 0.790. The van der Waals surface area contributed by atoms with Crippen LogP contribution in [0.5, 0.6) is 0 Å². The first kappa shape index (κ1) is 7.79. The minimum absolute atomic E-state index is 1.10. The van der Waals surface area contributed by atoms with Gasteiger partial charge in [0.2, 0.25) is 0 Å². The molecule has 0 spiro atoms. The zero-order valence-corrected chi connectivity index (χ0v) is 7.05. The molecule has 0 saturated heterocycles.